The number of amides is 1. The van der Waals surface area contributed by atoms with Gasteiger partial charge in [-0.1, -0.05) is 25.7 Å². The predicted molar refractivity (Wildman–Crippen MR) is 67.6 cm³/mol. The Hall–Kier alpha value is -1.72. The number of nitrogens with zero attached hydrogens (tertiary/aromatic N) is 3. The maximum absolute atomic E-state index is 10.9. The number of primary amides is 1. The van der Waals surface area contributed by atoms with Gasteiger partial charge in [0.15, 0.2) is 0 Å². The molecule has 0 saturated heterocycles. The van der Waals surface area contributed by atoms with Crippen LogP contribution < -0.4 is 11.5 Å². The highest BCUT2D eigenvalue weighted by Gasteiger charge is 2.19. The summed E-state index contributed by atoms with van der Waals surface area (Å²) in [6.07, 6.45) is 7.12. The van der Waals surface area contributed by atoms with Gasteiger partial charge in [-0.25, -0.2) is 4.98 Å². The number of carbonyl (C=O) groups is 1. The molecule has 98 valence electrons. The molecule has 2 rings (SSSR count). The maximum Gasteiger partial charge on any atom is 0.225 e. The fraction of sp³-hybridized carbons (Fsp3) is 0.667. The molecule has 6 heteroatoms. The Balaban J connectivity index is 2.20. The lowest BCUT2D eigenvalue weighted by Gasteiger charge is -2.13. The highest BCUT2D eigenvalue weighted by Crippen LogP contribution is 2.29. The van der Waals surface area contributed by atoms with Crippen molar-refractivity contribution in [2.45, 2.75) is 50.9 Å². The molecule has 6 nitrogen and oxygen atoms in total. The third kappa shape index (κ3) is 3.38. The van der Waals surface area contributed by atoms with Crippen LogP contribution in [0.5, 0.6) is 0 Å². The Morgan fingerprint density at radius 2 is 1.78 bits per heavy atom. The molecular weight excluding hydrogens is 230 g/mol. The predicted octanol–water partition coefficient (Wildman–Crippen LogP) is 0.919. The van der Waals surface area contributed by atoms with Crippen molar-refractivity contribution in [2.24, 2.45) is 5.73 Å². The lowest BCUT2D eigenvalue weighted by Crippen LogP contribution is -2.18. The average Bonchev–Trinajstić information content (AvgIpc) is 2.55. The van der Waals surface area contributed by atoms with Crippen LogP contribution in [0.1, 0.15) is 56.1 Å². The van der Waals surface area contributed by atoms with Crippen LogP contribution >= 0.6 is 0 Å². The van der Waals surface area contributed by atoms with E-state index in [1.807, 2.05) is 0 Å². The Kier molecular flexibility index (Phi) is 4.07. The number of nitrogens with two attached hydrogens (primary N) is 2. The molecule has 1 aromatic heterocycles. The summed E-state index contributed by atoms with van der Waals surface area (Å²) in [4.78, 5) is 23.4. The van der Waals surface area contributed by atoms with Gasteiger partial charge in [0, 0.05) is 5.92 Å². The van der Waals surface area contributed by atoms with Crippen LogP contribution in [0.3, 0.4) is 0 Å². The van der Waals surface area contributed by atoms with E-state index in [9.17, 15) is 4.79 Å². The molecule has 1 heterocycles. The summed E-state index contributed by atoms with van der Waals surface area (Å²) in [5.41, 5.74) is 10.8. The fourth-order valence-corrected chi connectivity index (χ4v) is 2.41. The first-order valence-electron chi connectivity index (χ1n) is 6.44. The van der Waals surface area contributed by atoms with Crippen LogP contribution in [0.15, 0.2) is 0 Å². The van der Waals surface area contributed by atoms with E-state index in [-0.39, 0.29) is 12.4 Å². The zero-order chi connectivity index (χ0) is 13.0. The smallest absolute Gasteiger partial charge is 0.225 e. The minimum atomic E-state index is -0.451. The Bertz CT molecular complexity index is 426. The van der Waals surface area contributed by atoms with Gasteiger partial charge in [0.05, 0.1) is 6.42 Å². The molecule has 0 spiro atoms. The highest BCUT2D eigenvalue weighted by molar-refractivity contribution is 5.75. The molecule has 1 saturated carbocycles. The van der Waals surface area contributed by atoms with Gasteiger partial charge in [-0.05, 0) is 12.8 Å². The molecule has 1 fully saturated rings. The number of rotatable bonds is 3. The molecule has 1 aliphatic rings. The quantitative estimate of drug-likeness (QED) is 0.774. The summed E-state index contributed by atoms with van der Waals surface area (Å²) in [6.45, 7) is 0. The lowest BCUT2D eigenvalue weighted by atomic mass is 9.99. The summed E-state index contributed by atoms with van der Waals surface area (Å²) < 4.78 is 0. The van der Waals surface area contributed by atoms with Crippen molar-refractivity contribution in [3.05, 3.63) is 11.6 Å². The van der Waals surface area contributed by atoms with E-state index < -0.39 is 5.91 Å². The maximum atomic E-state index is 10.9. The normalized spacial score (nSPS) is 17.3. The van der Waals surface area contributed by atoms with Crippen LogP contribution in [-0.4, -0.2) is 20.9 Å². The van der Waals surface area contributed by atoms with Gasteiger partial charge in [-0.3, -0.25) is 4.79 Å². The third-order valence-corrected chi connectivity index (χ3v) is 3.27. The average molecular weight is 249 g/mol. The van der Waals surface area contributed by atoms with E-state index >= 15 is 0 Å². The van der Waals surface area contributed by atoms with Crippen LogP contribution in [0.4, 0.5) is 5.95 Å². The van der Waals surface area contributed by atoms with Gasteiger partial charge in [0.1, 0.15) is 11.6 Å². The molecule has 1 aromatic rings. The van der Waals surface area contributed by atoms with Crippen LogP contribution in [0.25, 0.3) is 0 Å². The molecule has 0 bridgehead atoms. The van der Waals surface area contributed by atoms with Crippen molar-refractivity contribution < 1.29 is 4.79 Å². The Morgan fingerprint density at radius 3 is 2.39 bits per heavy atom. The van der Waals surface area contributed by atoms with Crippen LogP contribution in [-0.2, 0) is 11.2 Å². The van der Waals surface area contributed by atoms with Crippen LogP contribution in [0.2, 0.25) is 0 Å². The molecule has 18 heavy (non-hydrogen) atoms. The number of hydrogen-bond acceptors (Lipinski definition) is 5. The number of nitrogen functional groups attached to an aromatic ring is 1. The fourth-order valence-electron chi connectivity index (χ4n) is 2.41. The number of carbonyl (C=O) groups excluding carboxylic acids is 1. The number of aromatic nitrogens is 3. The molecule has 1 amide bonds. The molecule has 1 aliphatic carbocycles. The lowest BCUT2D eigenvalue weighted by molar-refractivity contribution is -0.117. The SMILES string of the molecule is NC(=O)Cc1nc(N)nc(C2CCCCCC2)n1. The largest absolute Gasteiger partial charge is 0.369 e. The molecule has 0 aliphatic heterocycles. The van der Waals surface area contributed by atoms with Crippen molar-refractivity contribution in [2.75, 3.05) is 5.73 Å². The van der Waals surface area contributed by atoms with Gasteiger partial charge in [-0.15, -0.1) is 0 Å². The zero-order valence-electron chi connectivity index (χ0n) is 10.4. The molecule has 4 N–H and O–H groups in total. The summed E-state index contributed by atoms with van der Waals surface area (Å²) in [5.74, 6) is 1.17. The summed E-state index contributed by atoms with van der Waals surface area (Å²) in [5, 5.41) is 0. The zero-order valence-corrected chi connectivity index (χ0v) is 10.4. The van der Waals surface area contributed by atoms with E-state index in [4.69, 9.17) is 11.5 Å². The van der Waals surface area contributed by atoms with Crippen molar-refractivity contribution in [3.63, 3.8) is 0 Å². The monoisotopic (exact) mass is 249 g/mol. The van der Waals surface area contributed by atoms with E-state index in [0.717, 1.165) is 18.7 Å². The molecular formula is C12H19N5O. The van der Waals surface area contributed by atoms with Gasteiger partial charge >= 0.3 is 0 Å². The van der Waals surface area contributed by atoms with E-state index in [0.29, 0.717) is 11.7 Å². The molecule has 0 radical (unpaired) electrons. The summed E-state index contributed by atoms with van der Waals surface area (Å²) in [7, 11) is 0. The second kappa shape index (κ2) is 5.75. The minimum absolute atomic E-state index is 0.0203. The topological polar surface area (TPSA) is 108 Å². The first-order chi connectivity index (χ1) is 8.65. The van der Waals surface area contributed by atoms with Crippen molar-refractivity contribution >= 4 is 11.9 Å². The van der Waals surface area contributed by atoms with Crippen molar-refractivity contribution in [1.82, 2.24) is 15.0 Å². The van der Waals surface area contributed by atoms with Gasteiger partial charge in [0.25, 0.3) is 0 Å². The van der Waals surface area contributed by atoms with Crippen LogP contribution in [0, 0.1) is 0 Å². The first kappa shape index (κ1) is 12.7. The number of anilines is 1. The molecule has 0 atom stereocenters. The van der Waals surface area contributed by atoms with Gasteiger partial charge in [-0.2, -0.15) is 9.97 Å². The first-order valence-corrected chi connectivity index (χ1v) is 6.44. The molecule has 0 aromatic carbocycles. The number of hydrogen-bond donors (Lipinski definition) is 2. The second-order valence-corrected chi connectivity index (χ2v) is 4.80. The summed E-state index contributed by atoms with van der Waals surface area (Å²) in [6, 6.07) is 0. The van der Waals surface area contributed by atoms with E-state index in [2.05, 4.69) is 15.0 Å². The third-order valence-electron chi connectivity index (χ3n) is 3.27. The van der Waals surface area contributed by atoms with Gasteiger partial charge in [0.2, 0.25) is 11.9 Å². The van der Waals surface area contributed by atoms with E-state index in [1.165, 1.54) is 25.7 Å². The Labute approximate surface area is 106 Å². The Morgan fingerprint density at radius 1 is 1.11 bits per heavy atom. The standard InChI is InChI=1S/C12H19N5O/c13-9(18)7-10-15-11(17-12(14)16-10)8-5-3-1-2-4-6-8/h8H,1-7H2,(H2,13,18)(H2,14,15,16,17). The molecule has 0 unspecified atom stereocenters. The van der Waals surface area contributed by atoms with Gasteiger partial charge < -0.3 is 11.5 Å². The van der Waals surface area contributed by atoms with Crippen molar-refractivity contribution in [3.8, 4) is 0 Å². The van der Waals surface area contributed by atoms with E-state index in [1.54, 1.807) is 0 Å². The second-order valence-electron chi connectivity index (χ2n) is 4.80. The van der Waals surface area contributed by atoms with Crippen molar-refractivity contribution in [1.29, 1.82) is 0 Å². The minimum Gasteiger partial charge on any atom is -0.369 e. The summed E-state index contributed by atoms with van der Waals surface area (Å²) >= 11 is 0. The highest BCUT2D eigenvalue weighted by atomic mass is 16.1.